The monoisotopic (exact) mass is 506 g/mol. The average molecular weight is 507 g/mol. The molecular weight excluding hydrogens is 488 g/mol. The fraction of sp³-hybridized carbons (Fsp3) is 0.304. The second kappa shape index (κ2) is 8.33. The number of hydrogen-bond acceptors (Lipinski definition) is 4. The van der Waals surface area contributed by atoms with E-state index in [-0.39, 0.29) is 28.7 Å². The van der Waals surface area contributed by atoms with Gasteiger partial charge in [0, 0.05) is 16.6 Å². The molecule has 12 heteroatoms. The van der Waals surface area contributed by atoms with Gasteiger partial charge in [-0.1, -0.05) is 17.7 Å². The van der Waals surface area contributed by atoms with Gasteiger partial charge < -0.3 is 5.32 Å². The van der Waals surface area contributed by atoms with Gasteiger partial charge in [-0.3, -0.25) is 9.48 Å². The normalized spacial score (nSPS) is 14.0. The fourth-order valence-corrected chi connectivity index (χ4v) is 4.18. The Hall–Kier alpha value is -3.47. The average Bonchev–Trinajstić information content (AvgIpc) is 3.50. The van der Waals surface area contributed by atoms with Crippen LogP contribution in [0.2, 0.25) is 5.02 Å². The molecule has 3 heterocycles. The van der Waals surface area contributed by atoms with E-state index in [0.29, 0.717) is 32.8 Å². The lowest BCUT2D eigenvalue weighted by atomic mass is 10.2. The van der Waals surface area contributed by atoms with Gasteiger partial charge in [0.1, 0.15) is 17.1 Å². The molecule has 0 unspecified atom stereocenters. The number of benzene rings is 1. The summed E-state index contributed by atoms with van der Waals surface area (Å²) in [5.41, 5.74) is 1.22. The number of carbonyl (C=O) groups is 1. The van der Waals surface area contributed by atoms with Crippen molar-refractivity contribution in [1.82, 2.24) is 24.4 Å². The predicted molar refractivity (Wildman–Crippen MR) is 120 cm³/mol. The molecule has 3 aromatic heterocycles. The molecule has 1 aromatic carbocycles. The molecule has 1 aliphatic rings. The maximum Gasteiger partial charge on any atom is 0.433 e. The first kappa shape index (κ1) is 23.3. The lowest BCUT2D eigenvalue weighted by Gasteiger charge is -2.11. The van der Waals surface area contributed by atoms with Crippen molar-refractivity contribution in [2.24, 2.45) is 0 Å². The third-order valence-electron chi connectivity index (χ3n) is 5.98. The zero-order chi connectivity index (χ0) is 25.1. The second-order valence-corrected chi connectivity index (χ2v) is 8.93. The third kappa shape index (κ3) is 4.36. The molecule has 4 aromatic rings. The summed E-state index contributed by atoms with van der Waals surface area (Å²) in [5.74, 6) is -1.16. The van der Waals surface area contributed by atoms with Crippen molar-refractivity contribution in [2.75, 3.05) is 5.32 Å². The van der Waals surface area contributed by atoms with E-state index in [1.54, 1.807) is 24.6 Å². The van der Waals surface area contributed by atoms with Crippen molar-refractivity contribution in [1.29, 1.82) is 0 Å². The molecule has 7 nitrogen and oxygen atoms in total. The molecule has 5 rings (SSSR count). The molecule has 182 valence electrons. The molecule has 1 aliphatic carbocycles. The van der Waals surface area contributed by atoms with E-state index in [1.165, 1.54) is 12.1 Å². The number of alkyl halides is 3. The minimum atomic E-state index is -4.65. The Morgan fingerprint density at radius 3 is 2.63 bits per heavy atom. The summed E-state index contributed by atoms with van der Waals surface area (Å²) < 4.78 is 56.6. The van der Waals surface area contributed by atoms with Gasteiger partial charge in [-0.2, -0.15) is 23.4 Å². The van der Waals surface area contributed by atoms with E-state index < -0.39 is 23.6 Å². The fourth-order valence-electron chi connectivity index (χ4n) is 3.96. The van der Waals surface area contributed by atoms with Gasteiger partial charge in [0.05, 0.1) is 29.8 Å². The summed E-state index contributed by atoms with van der Waals surface area (Å²) in [7, 11) is 0. The largest absolute Gasteiger partial charge is 0.433 e. The van der Waals surface area contributed by atoms with Crippen LogP contribution in [0.1, 0.15) is 57.5 Å². The third-order valence-corrected chi connectivity index (χ3v) is 6.33. The van der Waals surface area contributed by atoms with Crippen LogP contribution in [-0.2, 0) is 12.7 Å². The Bertz CT molecular complexity index is 1470. The van der Waals surface area contributed by atoms with Gasteiger partial charge >= 0.3 is 6.18 Å². The minimum Gasteiger partial charge on any atom is -0.319 e. The van der Waals surface area contributed by atoms with Crippen LogP contribution in [0.5, 0.6) is 0 Å². The highest BCUT2D eigenvalue weighted by Crippen LogP contribution is 2.41. The highest BCUT2D eigenvalue weighted by atomic mass is 35.5. The predicted octanol–water partition coefficient (Wildman–Crippen LogP) is 5.53. The Balaban J connectivity index is 1.47. The number of carbonyl (C=O) groups excluding carboxylic acids is 1. The molecule has 0 bridgehead atoms. The highest BCUT2D eigenvalue weighted by Gasteiger charge is 2.38. The number of aryl methyl sites for hydroxylation is 1. The first-order valence-corrected chi connectivity index (χ1v) is 11.2. The van der Waals surface area contributed by atoms with Crippen molar-refractivity contribution in [3.05, 3.63) is 75.2 Å². The van der Waals surface area contributed by atoms with Gasteiger partial charge in [0.25, 0.3) is 5.91 Å². The summed E-state index contributed by atoms with van der Waals surface area (Å²) in [6, 6.07) is 5.04. The quantitative estimate of drug-likeness (QED) is 0.361. The van der Waals surface area contributed by atoms with Gasteiger partial charge in [0.2, 0.25) is 0 Å². The van der Waals surface area contributed by atoms with Gasteiger partial charge in [0.15, 0.2) is 5.65 Å². The lowest BCUT2D eigenvalue weighted by molar-refractivity contribution is -0.142. The van der Waals surface area contributed by atoms with Crippen molar-refractivity contribution >= 4 is 28.8 Å². The molecular formula is C23H19ClF4N6O. The molecule has 0 aliphatic heterocycles. The van der Waals surface area contributed by atoms with Crippen molar-refractivity contribution in [2.45, 2.75) is 45.3 Å². The number of hydrogen-bond donors (Lipinski definition) is 1. The zero-order valence-electron chi connectivity index (χ0n) is 18.6. The molecule has 1 saturated carbocycles. The molecule has 1 amide bonds. The standard InChI is InChI=1S/C23H19ClF4N6O/c1-11-20(12(2)33(32-11)10-14-5-6-15(25)7-17(14)24)31-22(35)16-9-29-34-19(23(26,27)28)8-18(13-3-4-13)30-21(16)34/h5-9,13H,3-4,10H2,1-2H3,(H,31,35). The van der Waals surface area contributed by atoms with Crippen LogP contribution in [0, 0.1) is 19.7 Å². The topological polar surface area (TPSA) is 77.1 Å². The Labute approximate surface area is 201 Å². The molecule has 0 spiro atoms. The van der Waals surface area contributed by atoms with Gasteiger partial charge in [-0.15, -0.1) is 0 Å². The Kier molecular flexibility index (Phi) is 5.54. The summed E-state index contributed by atoms with van der Waals surface area (Å²) in [5, 5.41) is 11.2. The van der Waals surface area contributed by atoms with Crippen LogP contribution in [0.25, 0.3) is 5.65 Å². The van der Waals surface area contributed by atoms with Crippen molar-refractivity contribution < 1.29 is 22.4 Å². The first-order chi connectivity index (χ1) is 16.5. The van der Waals surface area contributed by atoms with Crippen LogP contribution < -0.4 is 5.32 Å². The van der Waals surface area contributed by atoms with Gasteiger partial charge in [-0.05, 0) is 50.5 Å². The van der Waals surface area contributed by atoms with E-state index in [0.717, 1.165) is 25.1 Å². The molecule has 0 atom stereocenters. The van der Waals surface area contributed by atoms with E-state index in [2.05, 4.69) is 20.5 Å². The maximum atomic E-state index is 13.6. The van der Waals surface area contributed by atoms with E-state index >= 15 is 0 Å². The second-order valence-electron chi connectivity index (χ2n) is 8.53. The molecule has 0 radical (unpaired) electrons. The highest BCUT2D eigenvalue weighted by molar-refractivity contribution is 6.31. The van der Waals surface area contributed by atoms with Crippen molar-refractivity contribution in [3.8, 4) is 0 Å². The SMILES string of the molecule is Cc1nn(Cc2ccc(F)cc2Cl)c(C)c1NC(=O)c1cnn2c(C(F)(F)F)cc(C3CC3)nc12. The minimum absolute atomic E-state index is 0.0482. The molecule has 1 fully saturated rings. The number of rotatable bonds is 5. The van der Waals surface area contributed by atoms with Crippen LogP contribution >= 0.6 is 11.6 Å². The number of fused-ring (bicyclic) bond motifs is 1. The summed E-state index contributed by atoms with van der Waals surface area (Å²) in [6.07, 6.45) is -2.06. The van der Waals surface area contributed by atoms with Crippen LogP contribution in [-0.4, -0.2) is 30.3 Å². The maximum absolute atomic E-state index is 13.6. The van der Waals surface area contributed by atoms with Crippen LogP contribution in [0.3, 0.4) is 0 Å². The number of nitrogens with zero attached hydrogens (tertiary/aromatic N) is 5. The van der Waals surface area contributed by atoms with E-state index in [1.807, 2.05) is 0 Å². The van der Waals surface area contributed by atoms with Gasteiger partial charge in [-0.25, -0.2) is 13.9 Å². The summed E-state index contributed by atoms with van der Waals surface area (Å²) >= 11 is 6.12. The number of anilines is 1. The smallest absolute Gasteiger partial charge is 0.319 e. The first-order valence-electron chi connectivity index (χ1n) is 10.8. The summed E-state index contributed by atoms with van der Waals surface area (Å²) in [4.78, 5) is 17.5. The molecule has 1 N–H and O–H groups in total. The van der Waals surface area contributed by atoms with Crippen LogP contribution in [0.4, 0.5) is 23.2 Å². The number of amides is 1. The Morgan fingerprint density at radius 1 is 1.23 bits per heavy atom. The van der Waals surface area contributed by atoms with Crippen molar-refractivity contribution in [3.63, 3.8) is 0 Å². The lowest BCUT2D eigenvalue weighted by Crippen LogP contribution is -2.16. The summed E-state index contributed by atoms with van der Waals surface area (Å²) in [6.45, 7) is 3.65. The van der Waals surface area contributed by atoms with Crippen LogP contribution in [0.15, 0.2) is 30.5 Å². The Morgan fingerprint density at radius 2 is 1.97 bits per heavy atom. The van der Waals surface area contributed by atoms with E-state index in [9.17, 15) is 22.4 Å². The number of halogens is 5. The molecule has 35 heavy (non-hydrogen) atoms. The zero-order valence-corrected chi connectivity index (χ0v) is 19.4. The number of nitrogens with one attached hydrogen (secondary N) is 1. The number of aromatic nitrogens is 5. The molecule has 0 saturated heterocycles. The van der Waals surface area contributed by atoms with E-state index in [4.69, 9.17) is 11.6 Å².